The largest absolute Gasteiger partial charge is 0.456 e. The number of hydrogen-bond acceptors (Lipinski definition) is 3. The highest BCUT2D eigenvalue weighted by molar-refractivity contribution is 6.35. The van der Waals surface area contributed by atoms with E-state index in [4.69, 9.17) is 27.9 Å². The molecular weight excluding hydrogens is 409 g/mol. The van der Waals surface area contributed by atoms with Gasteiger partial charge >= 0.3 is 0 Å². The van der Waals surface area contributed by atoms with Crippen molar-refractivity contribution in [2.75, 3.05) is 4.90 Å². The standard InChI is InChI=1S/C23H17Cl2NO3/c24-11-1-8-19(18(25)9-11)29-13-4-2-12(3-5-13)26-22(27)20-14-6-7-15(17-10-16(14)17)21(20)23(26)28/h1-9,14-17,20-21H,10H2/t14-,15-,16-,17-,20-,21+/m0/s1. The maximum Gasteiger partial charge on any atom is 0.238 e. The summed E-state index contributed by atoms with van der Waals surface area (Å²) in [6.07, 6.45) is 5.53. The molecule has 6 atom stereocenters. The second kappa shape index (κ2) is 6.10. The summed E-state index contributed by atoms with van der Waals surface area (Å²) in [4.78, 5) is 27.7. The van der Waals surface area contributed by atoms with Gasteiger partial charge in [-0.2, -0.15) is 0 Å². The molecule has 1 aliphatic heterocycles. The summed E-state index contributed by atoms with van der Waals surface area (Å²) in [7, 11) is 0. The van der Waals surface area contributed by atoms with Crippen LogP contribution in [0.4, 0.5) is 5.69 Å². The van der Waals surface area contributed by atoms with E-state index in [1.54, 1.807) is 42.5 Å². The highest BCUT2D eigenvalue weighted by atomic mass is 35.5. The van der Waals surface area contributed by atoms with Crippen LogP contribution in [-0.2, 0) is 9.59 Å². The van der Waals surface area contributed by atoms with Gasteiger partial charge in [-0.3, -0.25) is 14.5 Å². The topological polar surface area (TPSA) is 46.6 Å². The summed E-state index contributed by atoms with van der Waals surface area (Å²) >= 11 is 12.1. The Morgan fingerprint density at radius 2 is 1.48 bits per heavy atom. The Labute approximate surface area is 178 Å². The van der Waals surface area contributed by atoms with Crippen molar-refractivity contribution in [3.8, 4) is 11.5 Å². The molecule has 4 nitrogen and oxygen atoms in total. The lowest BCUT2D eigenvalue weighted by atomic mass is 9.63. The van der Waals surface area contributed by atoms with Crippen LogP contribution in [0.1, 0.15) is 6.42 Å². The average molecular weight is 426 g/mol. The number of halogens is 2. The quantitative estimate of drug-likeness (QED) is 0.492. The third-order valence-corrected chi connectivity index (χ3v) is 7.41. The Kier molecular flexibility index (Phi) is 3.69. The Bertz CT molecular complexity index is 1040. The number of allylic oxidation sites excluding steroid dienone is 2. The fourth-order valence-corrected chi connectivity index (χ4v) is 6.01. The van der Waals surface area contributed by atoms with Gasteiger partial charge in [-0.25, -0.2) is 0 Å². The van der Waals surface area contributed by atoms with E-state index in [0.29, 0.717) is 39.1 Å². The summed E-state index contributed by atoms with van der Waals surface area (Å²) in [6.45, 7) is 0. The van der Waals surface area contributed by atoms with Crippen LogP contribution in [0.3, 0.4) is 0 Å². The lowest BCUT2D eigenvalue weighted by Gasteiger charge is -2.37. The number of amides is 2. The first-order valence-electron chi connectivity index (χ1n) is 9.82. The molecule has 1 heterocycles. The molecule has 0 N–H and O–H groups in total. The van der Waals surface area contributed by atoms with Crippen molar-refractivity contribution in [3.05, 3.63) is 64.7 Å². The molecule has 2 aromatic carbocycles. The first kappa shape index (κ1) is 17.5. The van der Waals surface area contributed by atoms with E-state index in [2.05, 4.69) is 12.2 Å². The molecule has 2 amide bonds. The van der Waals surface area contributed by atoms with Gasteiger partial charge in [0, 0.05) is 5.02 Å². The minimum atomic E-state index is -0.190. The highest BCUT2D eigenvalue weighted by Gasteiger charge is 2.67. The smallest absolute Gasteiger partial charge is 0.238 e. The van der Waals surface area contributed by atoms with Crippen LogP contribution >= 0.6 is 23.2 Å². The number of rotatable bonds is 3. The molecule has 2 saturated carbocycles. The lowest BCUT2D eigenvalue weighted by molar-refractivity contribution is -0.124. The van der Waals surface area contributed by atoms with Crippen LogP contribution < -0.4 is 9.64 Å². The summed E-state index contributed by atoms with van der Waals surface area (Å²) < 4.78 is 5.81. The van der Waals surface area contributed by atoms with E-state index in [-0.39, 0.29) is 35.5 Å². The van der Waals surface area contributed by atoms with Gasteiger partial charge in [0.15, 0.2) is 0 Å². The van der Waals surface area contributed by atoms with Crippen LogP contribution in [0.25, 0.3) is 0 Å². The highest BCUT2D eigenvalue weighted by Crippen LogP contribution is 2.65. The summed E-state index contributed by atoms with van der Waals surface area (Å²) in [5.41, 5.74) is 0.594. The molecule has 7 rings (SSSR count). The van der Waals surface area contributed by atoms with Crippen molar-refractivity contribution in [3.63, 3.8) is 0 Å². The molecule has 2 bridgehead atoms. The third-order valence-electron chi connectivity index (χ3n) is 6.88. The molecule has 4 aliphatic carbocycles. The van der Waals surface area contributed by atoms with Gasteiger partial charge in [0.25, 0.3) is 0 Å². The second-order valence-corrected chi connectivity index (χ2v) is 9.18. The summed E-state index contributed by atoms with van der Waals surface area (Å²) in [5.74, 6) is 2.22. The van der Waals surface area contributed by atoms with Gasteiger partial charge in [0.1, 0.15) is 11.5 Å². The molecule has 6 heteroatoms. The lowest BCUT2D eigenvalue weighted by Crippen LogP contribution is -2.40. The molecule has 5 aliphatic rings. The Morgan fingerprint density at radius 3 is 2.07 bits per heavy atom. The van der Waals surface area contributed by atoms with E-state index in [1.807, 2.05) is 0 Å². The van der Waals surface area contributed by atoms with Crippen molar-refractivity contribution < 1.29 is 14.3 Å². The molecule has 3 fully saturated rings. The number of anilines is 1. The number of ether oxygens (including phenoxy) is 1. The first-order chi connectivity index (χ1) is 14.0. The maximum atomic E-state index is 13.2. The predicted octanol–water partition coefficient (Wildman–Crippen LogP) is 5.34. The monoisotopic (exact) mass is 425 g/mol. The Morgan fingerprint density at radius 1 is 0.862 bits per heavy atom. The Hall–Kier alpha value is -2.30. The molecular formula is C23H17Cl2NO3. The fourth-order valence-electron chi connectivity index (χ4n) is 5.56. The molecule has 0 unspecified atom stereocenters. The number of carbonyl (C=O) groups is 2. The Balaban J connectivity index is 1.26. The van der Waals surface area contributed by atoms with Crippen LogP contribution in [0.5, 0.6) is 11.5 Å². The first-order valence-corrected chi connectivity index (χ1v) is 10.6. The van der Waals surface area contributed by atoms with Crippen LogP contribution in [0.15, 0.2) is 54.6 Å². The van der Waals surface area contributed by atoms with Crippen molar-refractivity contribution in [1.82, 2.24) is 0 Å². The van der Waals surface area contributed by atoms with Crippen molar-refractivity contribution in [1.29, 1.82) is 0 Å². The number of imide groups is 1. The second-order valence-electron chi connectivity index (χ2n) is 8.34. The SMILES string of the molecule is O=C1[C@@H]2[C@H]3C=C[C@@H]([C@@H]4C[C@@H]34)[C@@H]2C(=O)N1c1ccc(Oc2ccc(Cl)cc2Cl)cc1. The van der Waals surface area contributed by atoms with E-state index < -0.39 is 0 Å². The molecule has 146 valence electrons. The fraction of sp³-hybridized carbons (Fsp3) is 0.304. The van der Waals surface area contributed by atoms with E-state index >= 15 is 0 Å². The average Bonchev–Trinajstić information content (AvgIpc) is 3.49. The van der Waals surface area contributed by atoms with Gasteiger partial charge in [-0.1, -0.05) is 35.4 Å². The van der Waals surface area contributed by atoms with Crippen molar-refractivity contribution in [2.45, 2.75) is 6.42 Å². The minimum Gasteiger partial charge on any atom is -0.456 e. The molecule has 29 heavy (non-hydrogen) atoms. The zero-order valence-electron chi connectivity index (χ0n) is 15.3. The zero-order chi connectivity index (χ0) is 19.9. The van der Waals surface area contributed by atoms with E-state index in [9.17, 15) is 9.59 Å². The molecule has 0 aromatic heterocycles. The predicted molar refractivity (Wildman–Crippen MR) is 110 cm³/mol. The van der Waals surface area contributed by atoms with E-state index in [1.165, 1.54) is 4.90 Å². The van der Waals surface area contributed by atoms with E-state index in [0.717, 1.165) is 6.42 Å². The van der Waals surface area contributed by atoms with Gasteiger partial charge in [-0.05, 0) is 72.6 Å². The van der Waals surface area contributed by atoms with Gasteiger partial charge in [-0.15, -0.1) is 0 Å². The number of carbonyl (C=O) groups excluding carboxylic acids is 2. The van der Waals surface area contributed by atoms with Gasteiger partial charge < -0.3 is 4.74 Å². The molecule has 0 spiro atoms. The third kappa shape index (κ3) is 2.52. The minimum absolute atomic E-state index is 0.0564. The van der Waals surface area contributed by atoms with Crippen LogP contribution in [0.2, 0.25) is 10.0 Å². The zero-order valence-corrected chi connectivity index (χ0v) is 16.8. The number of benzene rings is 2. The maximum absolute atomic E-state index is 13.2. The van der Waals surface area contributed by atoms with Gasteiger partial charge in [0.05, 0.1) is 22.5 Å². The number of hydrogen-bond donors (Lipinski definition) is 0. The molecule has 2 aromatic rings. The summed E-state index contributed by atoms with van der Waals surface area (Å²) in [6, 6.07) is 12.0. The molecule has 0 radical (unpaired) electrons. The number of nitrogens with zero attached hydrogens (tertiary/aromatic N) is 1. The van der Waals surface area contributed by atoms with Crippen LogP contribution in [-0.4, -0.2) is 11.8 Å². The normalized spacial score (nSPS) is 33.7. The summed E-state index contributed by atoms with van der Waals surface area (Å²) in [5, 5.41) is 0.948. The van der Waals surface area contributed by atoms with Crippen molar-refractivity contribution >= 4 is 40.7 Å². The van der Waals surface area contributed by atoms with Crippen molar-refractivity contribution in [2.24, 2.45) is 35.5 Å². The molecule has 1 saturated heterocycles. The van der Waals surface area contributed by atoms with Crippen LogP contribution in [0, 0.1) is 35.5 Å². The van der Waals surface area contributed by atoms with Gasteiger partial charge in [0.2, 0.25) is 11.8 Å².